The Labute approximate surface area is 177 Å². The van der Waals surface area contributed by atoms with E-state index in [9.17, 15) is 19.2 Å². The van der Waals surface area contributed by atoms with Crippen LogP contribution in [0, 0.1) is 5.92 Å². The van der Waals surface area contributed by atoms with Crippen LogP contribution in [0.4, 0.5) is 0 Å². The largest absolute Gasteiger partial charge is 0.467 e. The van der Waals surface area contributed by atoms with Crippen molar-refractivity contribution in [2.24, 2.45) is 5.92 Å². The maximum absolute atomic E-state index is 12.6. The number of carbonyl (C=O) groups excluding carboxylic acids is 4. The predicted molar refractivity (Wildman–Crippen MR) is 112 cm³/mol. The summed E-state index contributed by atoms with van der Waals surface area (Å²) in [6.07, 6.45) is 0.165. The van der Waals surface area contributed by atoms with Crippen LogP contribution in [0.3, 0.4) is 0 Å². The van der Waals surface area contributed by atoms with Gasteiger partial charge in [-0.15, -0.1) is 0 Å². The van der Waals surface area contributed by atoms with E-state index >= 15 is 0 Å². The minimum absolute atomic E-state index is 0.165. The first kappa shape index (κ1) is 25.1. The highest BCUT2D eigenvalue weighted by Crippen LogP contribution is 2.14. The molecule has 2 atom stereocenters. The van der Waals surface area contributed by atoms with Crippen molar-refractivity contribution >= 4 is 23.8 Å². The van der Waals surface area contributed by atoms with Crippen molar-refractivity contribution in [1.82, 2.24) is 10.6 Å². The van der Waals surface area contributed by atoms with E-state index in [0.717, 1.165) is 5.56 Å². The minimum atomic E-state index is -0.940. The molecule has 0 saturated heterocycles. The van der Waals surface area contributed by atoms with Gasteiger partial charge in [-0.2, -0.15) is 0 Å². The second-order valence-electron chi connectivity index (χ2n) is 8.41. The lowest BCUT2D eigenvalue weighted by Gasteiger charge is -2.24. The highest BCUT2D eigenvalue weighted by atomic mass is 16.6. The topological polar surface area (TPSA) is 111 Å². The summed E-state index contributed by atoms with van der Waals surface area (Å²) in [5.41, 5.74) is 0.508. The third-order valence-electron chi connectivity index (χ3n) is 4.14. The number of hydrogen-bond acceptors (Lipinski definition) is 6. The zero-order valence-electron chi connectivity index (χ0n) is 18.7. The molecular formula is C22H32N2O6. The number of ether oxygens (including phenoxy) is 2. The van der Waals surface area contributed by atoms with Crippen molar-refractivity contribution in [3.8, 4) is 0 Å². The van der Waals surface area contributed by atoms with Crippen LogP contribution in [0.5, 0.6) is 0 Å². The van der Waals surface area contributed by atoms with Crippen molar-refractivity contribution in [2.75, 3.05) is 7.11 Å². The molecule has 0 bridgehead atoms. The summed E-state index contributed by atoms with van der Waals surface area (Å²) in [5.74, 6) is -2.02. The van der Waals surface area contributed by atoms with Gasteiger partial charge in [0.25, 0.3) is 0 Å². The molecule has 0 aromatic heterocycles. The van der Waals surface area contributed by atoms with Gasteiger partial charge in [0.05, 0.1) is 12.7 Å². The Morgan fingerprint density at radius 1 is 1.00 bits per heavy atom. The average molecular weight is 421 g/mol. The number of nitrogens with one attached hydrogen (secondary N) is 2. The smallest absolute Gasteiger partial charge is 0.338 e. The van der Waals surface area contributed by atoms with E-state index in [-0.39, 0.29) is 18.2 Å². The summed E-state index contributed by atoms with van der Waals surface area (Å²) in [4.78, 5) is 48.3. The molecule has 1 rings (SSSR count). The zero-order chi connectivity index (χ0) is 23.1. The number of rotatable bonds is 8. The van der Waals surface area contributed by atoms with E-state index < -0.39 is 35.5 Å². The fourth-order valence-electron chi connectivity index (χ4n) is 2.70. The molecule has 2 amide bonds. The first-order valence-corrected chi connectivity index (χ1v) is 9.81. The summed E-state index contributed by atoms with van der Waals surface area (Å²) in [6, 6.07) is 4.88. The predicted octanol–water partition coefficient (Wildman–Crippen LogP) is 2.00. The van der Waals surface area contributed by atoms with Gasteiger partial charge in [0.2, 0.25) is 11.8 Å². The van der Waals surface area contributed by atoms with Crippen molar-refractivity contribution in [3.05, 3.63) is 35.4 Å². The van der Waals surface area contributed by atoms with Gasteiger partial charge in [0.1, 0.15) is 17.7 Å². The highest BCUT2D eigenvalue weighted by Gasteiger charge is 2.29. The number of amides is 2. The first-order valence-electron chi connectivity index (χ1n) is 9.81. The second kappa shape index (κ2) is 10.8. The van der Waals surface area contributed by atoms with Crippen molar-refractivity contribution < 1.29 is 28.7 Å². The Bertz CT molecular complexity index is 765. The molecule has 0 unspecified atom stereocenters. The monoisotopic (exact) mass is 420 g/mol. The van der Waals surface area contributed by atoms with E-state index in [4.69, 9.17) is 9.47 Å². The van der Waals surface area contributed by atoms with Crippen LogP contribution >= 0.6 is 0 Å². The van der Waals surface area contributed by atoms with Crippen LogP contribution in [0.1, 0.15) is 57.5 Å². The molecule has 0 fully saturated rings. The lowest BCUT2D eigenvalue weighted by molar-refractivity contribution is -0.145. The van der Waals surface area contributed by atoms with Gasteiger partial charge in [0, 0.05) is 13.3 Å². The third kappa shape index (κ3) is 8.23. The molecule has 8 heteroatoms. The second-order valence-corrected chi connectivity index (χ2v) is 8.41. The summed E-state index contributed by atoms with van der Waals surface area (Å²) in [5, 5.41) is 5.24. The summed E-state index contributed by atoms with van der Waals surface area (Å²) < 4.78 is 10.1. The molecule has 166 valence electrons. The Kier molecular flexibility index (Phi) is 9.01. The van der Waals surface area contributed by atoms with Gasteiger partial charge in [-0.1, -0.05) is 26.0 Å². The van der Waals surface area contributed by atoms with Crippen LogP contribution in [-0.4, -0.2) is 48.5 Å². The molecule has 0 saturated carbocycles. The molecule has 0 radical (unpaired) electrons. The molecule has 0 heterocycles. The molecule has 1 aromatic carbocycles. The van der Waals surface area contributed by atoms with E-state index in [2.05, 4.69) is 10.6 Å². The molecule has 1 aromatic rings. The van der Waals surface area contributed by atoms with Crippen LogP contribution in [0.15, 0.2) is 24.3 Å². The summed E-state index contributed by atoms with van der Waals surface area (Å²) in [7, 11) is 1.24. The van der Waals surface area contributed by atoms with Crippen molar-refractivity contribution in [3.63, 3.8) is 0 Å². The van der Waals surface area contributed by atoms with Gasteiger partial charge in [-0.25, -0.2) is 9.59 Å². The number of esters is 2. The highest BCUT2D eigenvalue weighted by molar-refractivity contribution is 5.91. The molecule has 8 nitrogen and oxygen atoms in total. The van der Waals surface area contributed by atoms with Crippen molar-refractivity contribution in [1.29, 1.82) is 0 Å². The fraction of sp³-hybridized carbons (Fsp3) is 0.545. The normalized spacial score (nSPS) is 13.2. The molecule has 30 heavy (non-hydrogen) atoms. The maximum atomic E-state index is 12.6. The van der Waals surface area contributed by atoms with Gasteiger partial charge < -0.3 is 20.1 Å². The Morgan fingerprint density at radius 2 is 1.57 bits per heavy atom. The van der Waals surface area contributed by atoms with Crippen LogP contribution in [0.25, 0.3) is 0 Å². The van der Waals surface area contributed by atoms with Crippen LogP contribution in [-0.2, 0) is 30.3 Å². The van der Waals surface area contributed by atoms with E-state index in [1.54, 1.807) is 58.9 Å². The minimum Gasteiger partial charge on any atom is -0.467 e. The number of hydrogen-bond donors (Lipinski definition) is 2. The fourth-order valence-corrected chi connectivity index (χ4v) is 2.70. The Morgan fingerprint density at radius 3 is 2.00 bits per heavy atom. The lowest BCUT2D eigenvalue weighted by Crippen LogP contribution is -2.54. The van der Waals surface area contributed by atoms with E-state index in [1.165, 1.54) is 14.0 Å². The quantitative estimate of drug-likeness (QED) is 0.623. The van der Waals surface area contributed by atoms with Gasteiger partial charge in [-0.05, 0) is 44.4 Å². The summed E-state index contributed by atoms with van der Waals surface area (Å²) in [6.45, 7) is 10.3. The number of methoxy groups -OCH3 is 1. The average Bonchev–Trinajstić information content (AvgIpc) is 2.63. The van der Waals surface area contributed by atoms with Gasteiger partial charge in [-0.3, -0.25) is 9.59 Å². The molecule has 0 spiro atoms. The number of carbonyl (C=O) groups is 4. The van der Waals surface area contributed by atoms with Crippen LogP contribution < -0.4 is 10.6 Å². The van der Waals surface area contributed by atoms with E-state index in [1.807, 2.05) is 0 Å². The third-order valence-corrected chi connectivity index (χ3v) is 4.14. The van der Waals surface area contributed by atoms with Gasteiger partial charge in [0.15, 0.2) is 0 Å². The molecule has 0 aliphatic rings. The van der Waals surface area contributed by atoms with Crippen LogP contribution in [0.2, 0.25) is 0 Å². The lowest BCUT2D eigenvalue weighted by atomic mass is 10.0. The van der Waals surface area contributed by atoms with Gasteiger partial charge >= 0.3 is 11.9 Å². The van der Waals surface area contributed by atoms with Crippen molar-refractivity contribution in [2.45, 2.75) is 65.6 Å². The Hall–Kier alpha value is -2.90. The molecule has 2 N–H and O–H groups in total. The molecule has 0 aliphatic carbocycles. The van der Waals surface area contributed by atoms with E-state index in [0.29, 0.717) is 5.56 Å². The first-order chi connectivity index (χ1) is 13.8. The standard InChI is InChI=1S/C22H32N2O6/c1-13(2)18(23-14(3)25)19(26)24-17(21(28)29-7)12-15-8-10-16(11-9-15)20(27)30-22(4,5)6/h8-11,13,17-18H,12H2,1-7H3,(H,23,25)(H,24,26)/t17-,18-/m1/s1. The molecule has 0 aliphatic heterocycles. The molecular weight excluding hydrogens is 388 g/mol. The maximum Gasteiger partial charge on any atom is 0.338 e. The summed E-state index contributed by atoms with van der Waals surface area (Å²) >= 11 is 0. The Balaban J connectivity index is 2.93. The zero-order valence-corrected chi connectivity index (χ0v) is 18.7. The number of benzene rings is 1. The SMILES string of the molecule is COC(=O)[C@@H](Cc1ccc(C(=O)OC(C)(C)C)cc1)NC(=O)[C@H](NC(C)=O)C(C)C.